The number of piperidine rings is 1. The lowest BCUT2D eigenvalue weighted by atomic mass is 9.99. The topological polar surface area (TPSA) is 63.4 Å². The summed E-state index contributed by atoms with van der Waals surface area (Å²) >= 11 is 0. The van der Waals surface area contributed by atoms with Crippen molar-refractivity contribution in [1.82, 2.24) is 4.31 Å². The van der Waals surface area contributed by atoms with Gasteiger partial charge in [0.25, 0.3) is 0 Å². The molecule has 2 atom stereocenters. The van der Waals surface area contributed by atoms with Gasteiger partial charge in [0.1, 0.15) is 0 Å². The molecule has 0 radical (unpaired) electrons. The van der Waals surface area contributed by atoms with Gasteiger partial charge in [0.15, 0.2) is 0 Å². The highest BCUT2D eigenvalue weighted by atomic mass is 32.2. The smallest absolute Gasteiger partial charge is 0.243 e. The number of rotatable bonds is 2. The Labute approximate surface area is 115 Å². The number of hydrogen-bond acceptors (Lipinski definition) is 3. The average Bonchev–Trinajstić information content (AvgIpc) is 2.31. The minimum absolute atomic E-state index is 0.0647. The Morgan fingerprint density at radius 1 is 1.21 bits per heavy atom. The highest BCUT2D eigenvalue weighted by Crippen LogP contribution is 2.24. The molecule has 1 aliphatic heterocycles. The normalized spacial score (nSPS) is 25.5. The van der Waals surface area contributed by atoms with Gasteiger partial charge in [0.05, 0.1) is 4.90 Å². The Hall–Kier alpha value is -0.910. The van der Waals surface area contributed by atoms with Crippen LogP contribution in [-0.4, -0.2) is 31.9 Å². The van der Waals surface area contributed by atoms with Gasteiger partial charge in [-0.05, 0) is 49.4 Å². The fraction of sp³-hybridized carbons (Fsp3) is 0.571. The van der Waals surface area contributed by atoms with E-state index in [9.17, 15) is 8.42 Å². The molecule has 2 unspecified atom stereocenters. The van der Waals surface area contributed by atoms with Crippen LogP contribution in [0.4, 0.5) is 0 Å². The van der Waals surface area contributed by atoms with Crippen LogP contribution in [-0.2, 0) is 10.0 Å². The van der Waals surface area contributed by atoms with Gasteiger partial charge >= 0.3 is 0 Å². The highest BCUT2D eigenvalue weighted by molar-refractivity contribution is 7.89. The van der Waals surface area contributed by atoms with Crippen molar-refractivity contribution in [2.45, 2.75) is 38.1 Å². The second-order valence-corrected chi connectivity index (χ2v) is 7.61. The van der Waals surface area contributed by atoms with E-state index < -0.39 is 10.0 Å². The van der Waals surface area contributed by atoms with Crippen LogP contribution < -0.4 is 5.73 Å². The fourth-order valence-corrected chi connectivity index (χ4v) is 4.27. The number of benzene rings is 1. The lowest BCUT2D eigenvalue weighted by Crippen LogP contribution is -2.48. The van der Waals surface area contributed by atoms with Crippen LogP contribution in [0, 0.1) is 19.8 Å². The van der Waals surface area contributed by atoms with E-state index in [0.29, 0.717) is 23.9 Å². The SMILES string of the molecule is Cc1ccc(S(=O)(=O)N2CC(C)CC(N)C2)cc1C. The molecule has 106 valence electrons. The van der Waals surface area contributed by atoms with Crippen LogP contribution in [0.1, 0.15) is 24.5 Å². The minimum atomic E-state index is -3.41. The zero-order valence-electron chi connectivity index (χ0n) is 11.8. The van der Waals surface area contributed by atoms with Crippen LogP contribution in [0.25, 0.3) is 0 Å². The molecule has 2 rings (SSSR count). The van der Waals surface area contributed by atoms with Gasteiger partial charge < -0.3 is 5.73 Å². The molecule has 0 saturated carbocycles. The van der Waals surface area contributed by atoms with Crippen LogP contribution in [0.15, 0.2) is 23.1 Å². The van der Waals surface area contributed by atoms with E-state index in [-0.39, 0.29) is 6.04 Å². The Morgan fingerprint density at radius 3 is 2.47 bits per heavy atom. The predicted octanol–water partition coefficient (Wildman–Crippen LogP) is 1.66. The molecular formula is C14H22N2O2S. The van der Waals surface area contributed by atoms with E-state index in [1.807, 2.05) is 26.8 Å². The van der Waals surface area contributed by atoms with Gasteiger partial charge in [-0.3, -0.25) is 0 Å². The number of hydrogen-bond donors (Lipinski definition) is 1. The van der Waals surface area contributed by atoms with Crippen LogP contribution in [0.5, 0.6) is 0 Å². The molecule has 1 heterocycles. The molecule has 1 aliphatic rings. The molecule has 1 fully saturated rings. The van der Waals surface area contributed by atoms with E-state index in [4.69, 9.17) is 5.73 Å². The van der Waals surface area contributed by atoms with E-state index >= 15 is 0 Å². The van der Waals surface area contributed by atoms with Gasteiger partial charge in [-0.1, -0.05) is 13.0 Å². The summed E-state index contributed by atoms with van der Waals surface area (Å²) in [6.45, 7) is 6.92. The minimum Gasteiger partial charge on any atom is -0.326 e. The van der Waals surface area contributed by atoms with Gasteiger partial charge in [0, 0.05) is 19.1 Å². The molecule has 4 nitrogen and oxygen atoms in total. The molecular weight excluding hydrogens is 260 g/mol. The second-order valence-electron chi connectivity index (χ2n) is 5.67. The van der Waals surface area contributed by atoms with Gasteiger partial charge in [-0.15, -0.1) is 0 Å². The standard InChI is InChI=1S/C14H22N2O2S/c1-10-6-13(15)9-16(8-10)19(17,18)14-5-4-11(2)12(3)7-14/h4-5,7,10,13H,6,8-9,15H2,1-3H3. The van der Waals surface area contributed by atoms with E-state index in [0.717, 1.165) is 17.5 Å². The Balaban J connectivity index is 2.33. The van der Waals surface area contributed by atoms with Crippen molar-refractivity contribution < 1.29 is 8.42 Å². The van der Waals surface area contributed by atoms with Gasteiger partial charge in [0.2, 0.25) is 10.0 Å². The van der Waals surface area contributed by atoms with Gasteiger partial charge in [-0.2, -0.15) is 4.31 Å². The molecule has 2 N–H and O–H groups in total. The quantitative estimate of drug-likeness (QED) is 0.897. The van der Waals surface area contributed by atoms with Crippen LogP contribution >= 0.6 is 0 Å². The van der Waals surface area contributed by atoms with Crippen molar-refractivity contribution in [2.75, 3.05) is 13.1 Å². The first-order valence-corrected chi connectivity index (χ1v) is 8.07. The first-order chi connectivity index (χ1) is 8.80. The van der Waals surface area contributed by atoms with Crippen molar-refractivity contribution >= 4 is 10.0 Å². The van der Waals surface area contributed by atoms with Crippen molar-refractivity contribution in [2.24, 2.45) is 11.7 Å². The van der Waals surface area contributed by atoms with E-state index in [1.165, 1.54) is 4.31 Å². The Bertz CT molecular complexity index is 559. The number of nitrogens with two attached hydrogens (primary N) is 1. The summed E-state index contributed by atoms with van der Waals surface area (Å²) < 4.78 is 26.7. The summed E-state index contributed by atoms with van der Waals surface area (Å²) in [6, 6.07) is 5.22. The lowest BCUT2D eigenvalue weighted by molar-refractivity contribution is 0.254. The summed E-state index contributed by atoms with van der Waals surface area (Å²) in [6.07, 6.45) is 0.888. The molecule has 1 aromatic carbocycles. The lowest BCUT2D eigenvalue weighted by Gasteiger charge is -2.33. The third-order valence-corrected chi connectivity index (χ3v) is 5.60. The summed E-state index contributed by atoms with van der Waals surface area (Å²) in [5.74, 6) is 0.310. The molecule has 0 aliphatic carbocycles. The predicted molar refractivity (Wildman–Crippen MR) is 76.4 cm³/mol. The highest BCUT2D eigenvalue weighted by Gasteiger charge is 2.31. The van der Waals surface area contributed by atoms with Crippen molar-refractivity contribution in [3.63, 3.8) is 0 Å². The molecule has 0 spiro atoms. The molecule has 19 heavy (non-hydrogen) atoms. The van der Waals surface area contributed by atoms with Crippen LogP contribution in [0.2, 0.25) is 0 Å². The fourth-order valence-electron chi connectivity index (χ4n) is 2.57. The first-order valence-electron chi connectivity index (χ1n) is 6.63. The number of sulfonamides is 1. The zero-order valence-corrected chi connectivity index (χ0v) is 12.6. The first kappa shape index (κ1) is 14.5. The zero-order chi connectivity index (χ0) is 14.2. The number of aryl methyl sites for hydroxylation is 2. The maximum absolute atomic E-state index is 12.6. The van der Waals surface area contributed by atoms with Gasteiger partial charge in [-0.25, -0.2) is 8.42 Å². The van der Waals surface area contributed by atoms with Crippen LogP contribution in [0.3, 0.4) is 0 Å². The van der Waals surface area contributed by atoms with Crippen molar-refractivity contribution in [1.29, 1.82) is 0 Å². The number of nitrogens with zero attached hydrogens (tertiary/aromatic N) is 1. The molecule has 1 aromatic rings. The molecule has 0 bridgehead atoms. The molecule has 0 aromatic heterocycles. The monoisotopic (exact) mass is 282 g/mol. The largest absolute Gasteiger partial charge is 0.326 e. The summed E-state index contributed by atoms with van der Waals surface area (Å²) in [5.41, 5.74) is 8.03. The maximum Gasteiger partial charge on any atom is 0.243 e. The molecule has 1 saturated heterocycles. The summed E-state index contributed by atoms with van der Waals surface area (Å²) in [5, 5.41) is 0. The van der Waals surface area contributed by atoms with E-state index in [2.05, 4.69) is 0 Å². The second kappa shape index (κ2) is 5.23. The molecule has 5 heteroatoms. The van der Waals surface area contributed by atoms with Crippen molar-refractivity contribution in [3.05, 3.63) is 29.3 Å². The molecule has 0 amide bonds. The third kappa shape index (κ3) is 2.99. The Morgan fingerprint density at radius 2 is 1.89 bits per heavy atom. The summed E-state index contributed by atoms with van der Waals surface area (Å²) in [7, 11) is -3.41. The average molecular weight is 282 g/mol. The summed E-state index contributed by atoms with van der Waals surface area (Å²) in [4.78, 5) is 0.372. The van der Waals surface area contributed by atoms with E-state index in [1.54, 1.807) is 12.1 Å². The van der Waals surface area contributed by atoms with Crippen molar-refractivity contribution in [3.8, 4) is 0 Å². The Kier molecular flexibility index (Phi) is 3.99. The maximum atomic E-state index is 12.6. The third-order valence-electron chi connectivity index (χ3n) is 3.77.